The lowest BCUT2D eigenvalue weighted by molar-refractivity contribution is 0.221. The Kier molecular flexibility index (Phi) is 3.30. The fourth-order valence-electron chi connectivity index (χ4n) is 1.53. The van der Waals surface area contributed by atoms with Crippen LogP contribution in [-0.4, -0.2) is 13.5 Å². The molecule has 3 N–H and O–H groups in total. The Morgan fingerprint density at radius 1 is 1.18 bits per heavy atom. The lowest BCUT2D eigenvalue weighted by atomic mass is 10.1. The molecule has 1 heterocycles. The van der Waals surface area contributed by atoms with Gasteiger partial charge in [0.25, 0.3) is 0 Å². The summed E-state index contributed by atoms with van der Waals surface area (Å²) in [5.74, 6) is 0. The standard InChI is InChI=1S/C11H11NO3S2/c12-17(14,15)9-6-7-16-11(9)10(13)8-4-2-1-3-5-8/h1-7,10,13H,(H2,12,14,15). The summed E-state index contributed by atoms with van der Waals surface area (Å²) in [6, 6.07) is 10.3. The molecule has 0 spiro atoms. The van der Waals surface area contributed by atoms with Crippen molar-refractivity contribution in [2.24, 2.45) is 5.14 Å². The SMILES string of the molecule is NS(=O)(=O)c1ccsc1C(O)c1ccccc1. The summed E-state index contributed by atoms with van der Waals surface area (Å²) in [5, 5.41) is 16.8. The number of hydrogen-bond acceptors (Lipinski definition) is 4. The zero-order valence-corrected chi connectivity index (χ0v) is 10.4. The second-order valence-electron chi connectivity index (χ2n) is 3.51. The molecular weight excluding hydrogens is 258 g/mol. The van der Waals surface area contributed by atoms with Gasteiger partial charge in [-0.15, -0.1) is 11.3 Å². The van der Waals surface area contributed by atoms with E-state index in [-0.39, 0.29) is 4.90 Å². The van der Waals surface area contributed by atoms with Crippen LogP contribution in [0.3, 0.4) is 0 Å². The Morgan fingerprint density at radius 3 is 2.41 bits per heavy atom. The van der Waals surface area contributed by atoms with Crippen molar-refractivity contribution >= 4 is 21.4 Å². The van der Waals surface area contributed by atoms with Crippen molar-refractivity contribution in [3.05, 3.63) is 52.2 Å². The van der Waals surface area contributed by atoms with Gasteiger partial charge in [0.15, 0.2) is 0 Å². The number of nitrogens with two attached hydrogens (primary N) is 1. The van der Waals surface area contributed by atoms with E-state index in [0.717, 1.165) is 0 Å². The lowest BCUT2D eigenvalue weighted by Crippen LogP contribution is -2.14. The summed E-state index contributed by atoms with van der Waals surface area (Å²) in [6.45, 7) is 0. The maximum Gasteiger partial charge on any atom is 0.239 e. The van der Waals surface area contributed by atoms with E-state index in [1.54, 1.807) is 29.6 Å². The predicted molar refractivity (Wildman–Crippen MR) is 66.2 cm³/mol. The van der Waals surface area contributed by atoms with Crippen LogP contribution in [0.25, 0.3) is 0 Å². The molecule has 2 rings (SSSR count). The number of thiophene rings is 1. The van der Waals surface area contributed by atoms with Crippen LogP contribution < -0.4 is 5.14 Å². The molecule has 90 valence electrons. The maximum absolute atomic E-state index is 11.3. The summed E-state index contributed by atoms with van der Waals surface area (Å²) in [4.78, 5) is 0.331. The Morgan fingerprint density at radius 2 is 1.82 bits per heavy atom. The zero-order valence-electron chi connectivity index (χ0n) is 8.78. The molecule has 1 atom stereocenters. The highest BCUT2D eigenvalue weighted by Crippen LogP contribution is 2.31. The minimum atomic E-state index is -3.79. The molecule has 0 bridgehead atoms. The summed E-state index contributed by atoms with van der Waals surface area (Å²) < 4.78 is 22.6. The molecule has 1 aromatic heterocycles. The van der Waals surface area contributed by atoms with E-state index in [2.05, 4.69) is 0 Å². The van der Waals surface area contributed by atoms with Gasteiger partial charge in [-0.3, -0.25) is 0 Å². The number of benzene rings is 1. The first-order valence-corrected chi connectivity index (χ1v) is 7.26. The average Bonchev–Trinajstić information content (AvgIpc) is 2.78. The normalized spacial score (nSPS) is 13.5. The van der Waals surface area contributed by atoms with Crippen molar-refractivity contribution in [2.45, 2.75) is 11.0 Å². The Balaban J connectivity index is 2.46. The van der Waals surface area contributed by atoms with E-state index in [9.17, 15) is 13.5 Å². The van der Waals surface area contributed by atoms with Crippen LogP contribution in [0.4, 0.5) is 0 Å². The second-order valence-corrected chi connectivity index (χ2v) is 5.98. The number of primary sulfonamides is 1. The first-order valence-electron chi connectivity index (χ1n) is 4.83. The van der Waals surface area contributed by atoms with Crippen molar-refractivity contribution in [1.82, 2.24) is 0 Å². The topological polar surface area (TPSA) is 80.4 Å². The lowest BCUT2D eigenvalue weighted by Gasteiger charge is -2.10. The predicted octanol–water partition coefficient (Wildman–Crippen LogP) is 1.48. The molecule has 0 fully saturated rings. The minimum absolute atomic E-state index is 0.0150. The van der Waals surface area contributed by atoms with E-state index in [0.29, 0.717) is 10.4 Å². The van der Waals surface area contributed by atoms with Crippen LogP contribution in [0.5, 0.6) is 0 Å². The highest BCUT2D eigenvalue weighted by atomic mass is 32.2. The van der Waals surface area contributed by atoms with Crippen LogP contribution in [0.1, 0.15) is 16.5 Å². The van der Waals surface area contributed by atoms with E-state index in [1.807, 2.05) is 6.07 Å². The Hall–Kier alpha value is -1.21. The number of aliphatic hydroxyl groups is 1. The molecular formula is C11H11NO3S2. The fourth-order valence-corrected chi connectivity index (χ4v) is 3.56. The van der Waals surface area contributed by atoms with Gasteiger partial charge in [0.1, 0.15) is 6.10 Å². The minimum Gasteiger partial charge on any atom is -0.383 e. The van der Waals surface area contributed by atoms with Gasteiger partial charge >= 0.3 is 0 Å². The van der Waals surface area contributed by atoms with Crippen LogP contribution in [0, 0.1) is 0 Å². The third-order valence-electron chi connectivity index (χ3n) is 2.33. The van der Waals surface area contributed by atoms with Crippen LogP contribution in [0.2, 0.25) is 0 Å². The molecule has 6 heteroatoms. The molecule has 0 saturated carbocycles. The van der Waals surface area contributed by atoms with E-state index in [1.165, 1.54) is 17.4 Å². The van der Waals surface area contributed by atoms with Gasteiger partial charge in [0.2, 0.25) is 10.0 Å². The van der Waals surface area contributed by atoms with Crippen molar-refractivity contribution in [3.8, 4) is 0 Å². The van der Waals surface area contributed by atoms with Crippen LogP contribution in [-0.2, 0) is 10.0 Å². The highest BCUT2D eigenvalue weighted by molar-refractivity contribution is 7.89. The summed E-state index contributed by atoms with van der Waals surface area (Å²) in [6.07, 6.45) is -0.968. The summed E-state index contributed by atoms with van der Waals surface area (Å²) in [5.41, 5.74) is 0.639. The van der Waals surface area contributed by atoms with Gasteiger partial charge in [-0.25, -0.2) is 13.6 Å². The third-order valence-corrected chi connectivity index (χ3v) is 4.39. The van der Waals surface area contributed by atoms with Crippen molar-refractivity contribution < 1.29 is 13.5 Å². The molecule has 0 amide bonds. The van der Waals surface area contributed by atoms with E-state index < -0.39 is 16.1 Å². The molecule has 17 heavy (non-hydrogen) atoms. The molecule has 0 aliphatic heterocycles. The van der Waals surface area contributed by atoms with E-state index in [4.69, 9.17) is 5.14 Å². The monoisotopic (exact) mass is 269 g/mol. The quantitative estimate of drug-likeness (QED) is 0.885. The van der Waals surface area contributed by atoms with Crippen molar-refractivity contribution in [2.75, 3.05) is 0 Å². The van der Waals surface area contributed by atoms with E-state index >= 15 is 0 Å². The number of rotatable bonds is 3. The van der Waals surface area contributed by atoms with Gasteiger partial charge in [-0.1, -0.05) is 30.3 Å². The summed E-state index contributed by atoms with van der Waals surface area (Å²) in [7, 11) is -3.79. The van der Waals surface area contributed by atoms with Gasteiger partial charge in [0, 0.05) is 0 Å². The molecule has 4 nitrogen and oxygen atoms in total. The first kappa shape index (κ1) is 12.3. The van der Waals surface area contributed by atoms with Gasteiger partial charge < -0.3 is 5.11 Å². The first-order chi connectivity index (χ1) is 8.00. The molecule has 1 aromatic carbocycles. The summed E-state index contributed by atoms with van der Waals surface area (Å²) >= 11 is 1.17. The molecule has 0 radical (unpaired) electrons. The van der Waals surface area contributed by atoms with Gasteiger partial charge in [0.05, 0.1) is 9.77 Å². The number of hydrogen-bond donors (Lipinski definition) is 2. The van der Waals surface area contributed by atoms with Gasteiger partial charge in [-0.05, 0) is 17.0 Å². The van der Waals surface area contributed by atoms with Crippen molar-refractivity contribution in [1.29, 1.82) is 0 Å². The highest BCUT2D eigenvalue weighted by Gasteiger charge is 2.22. The molecule has 2 aromatic rings. The Bertz CT molecular complexity index is 605. The largest absolute Gasteiger partial charge is 0.383 e. The molecule has 0 saturated heterocycles. The molecule has 1 unspecified atom stereocenters. The molecule has 0 aliphatic rings. The Labute approximate surface area is 103 Å². The van der Waals surface area contributed by atoms with Crippen LogP contribution >= 0.6 is 11.3 Å². The number of sulfonamides is 1. The zero-order chi connectivity index (χ0) is 12.5. The molecule has 0 aliphatic carbocycles. The smallest absolute Gasteiger partial charge is 0.239 e. The fraction of sp³-hybridized carbons (Fsp3) is 0.0909. The van der Waals surface area contributed by atoms with Crippen LogP contribution in [0.15, 0.2) is 46.7 Å². The average molecular weight is 269 g/mol. The number of aliphatic hydroxyl groups excluding tert-OH is 1. The maximum atomic E-state index is 11.3. The van der Waals surface area contributed by atoms with Crippen molar-refractivity contribution in [3.63, 3.8) is 0 Å². The van der Waals surface area contributed by atoms with Gasteiger partial charge in [-0.2, -0.15) is 0 Å². The third kappa shape index (κ3) is 2.55. The second kappa shape index (κ2) is 4.58.